The van der Waals surface area contributed by atoms with Gasteiger partial charge in [-0.15, -0.1) is 0 Å². The first kappa shape index (κ1) is 18.5. The van der Waals surface area contributed by atoms with Crippen LogP contribution in [-0.2, 0) is 16.9 Å². The Morgan fingerprint density at radius 2 is 1.72 bits per heavy atom. The number of urea groups is 1. The highest BCUT2D eigenvalue weighted by Gasteiger charge is 2.40. The van der Waals surface area contributed by atoms with Crippen molar-refractivity contribution < 1.29 is 55.1 Å². The molecule has 0 radical (unpaired) electrons. The molecule has 6 nitrogen and oxygen atoms in total. The second-order valence-corrected chi connectivity index (χ2v) is 10.3. The third-order valence-electron chi connectivity index (χ3n) is 7.23. The summed E-state index contributed by atoms with van der Waals surface area (Å²) in [6, 6.07) is -3.95. The highest BCUT2D eigenvalue weighted by molar-refractivity contribution is 5.76. The topological polar surface area (TPSA) is 47.1 Å². The monoisotopic (exact) mass is 626 g/mol. The standard InChI is InChI=1S/C31H38F6N4O2/c1-19-14-25(32)6-7-27(19)28-18-26(40-12-10-39(11-13-40)21(3)42)8-9-41(28)29(43)38(5)20(2)22-15-23(30(4,33)34)17-24(16-22)31(35,36)37/h6-7,14-17,20,26,28H,8-13,18H2,1-5H3/t20-,26+,28-/m1/s1/i1D3,2D3,10D2,11D2,12D2,13D2. The lowest BCUT2D eigenvalue weighted by atomic mass is 9.88. The minimum Gasteiger partial charge on any atom is -0.340 e. The zero-order valence-electron chi connectivity index (χ0n) is 37.2. The number of benzene rings is 2. The van der Waals surface area contributed by atoms with E-state index in [1.807, 2.05) is 0 Å². The fourth-order valence-corrected chi connectivity index (χ4v) is 4.89. The van der Waals surface area contributed by atoms with Crippen LogP contribution in [0.25, 0.3) is 0 Å². The summed E-state index contributed by atoms with van der Waals surface area (Å²) in [5, 5.41) is 0. The Labute approximate surface area is 267 Å². The normalized spacial score (nSPS) is 31.2. The van der Waals surface area contributed by atoms with Gasteiger partial charge in [-0.25, -0.2) is 18.0 Å². The molecule has 2 saturated heterocycles. The molecule has 0 aliphatic carbocycles. The van der Waals surface area contributed by atoms with E-state index in [-0.39, 0.29) is 34.4 Å². The second kappa shape index (κ2) is 12.4. The lowest BCUT2D eigenvalue weighted by molar-refractivity contribution is -0.138. The molecule has 2 aliphatic heterocycles. The molecule has 0 saturated carbocycles. The molecule has 2 aliphatic rings. The van der Waals surface area contributed by atoms with Crippen LogP contribution in [0.5, 0.6) is 0 Å². The molecule has 236 valence electrons. The summed E-state index contributed by atoms with van der Waals surface area (Å²) < 4.78 is 203. The Bertz CT molecular complexity index is 1830. The van der Waals surface area contributed by atoms with Crippen LogP contribution < -0.4 is 0 Å². The smallest absolute Gasteiger partial charge is 0.340 e. The van der Waals surface area contributed by atoms with Gasteiger partial charge in [0.15, 0.2) is 0 Å². The number of nitrogens with zero attached hydrogens (tertiary/aromatic N) is 4. The fourth-order valence-electron chi connectivity index (χ4n) is 4.89. The summed E-state index contributed by atoms with van der Waals surface area (Å²) in [7, 11) is 0.823. The van der Waals surface area contributed by atoms with Gasteiger partial charge in [-0.05, 0) is 73.6 Å². The van der Waals surface area contributed by atoms with Crippen LogP contribution in [0, 0.1) is 12.7 Å². The van der Waals surface area contributed by atoms with Crippen LogP contribution in [0.4, 0.5) is 31.1 Å². The summed E-state index contributed by atoms with van der Waals surface area (Å²) in [5.74, 6) is -6.36. The predicted octanol–water partition coefficient (Wildman–Crippen LogP) is 6.75. The zero-order valence-corrected chi connectivity index (χ0v) is 23.2. The third kappa shape index (κ3) is 7.27. The van der Waals surface area contributed by atoms with E-state index < -0.39 is 129 Å². The van der Waals surface area contributed by atoms with Gasteiger partial charge in [-0.3, -0.25) is 9.69 Å². The lowest BCUT2D eigenvalue weighted by Gasteiger charge is -2.47. The summed E-state index contributed by atoms with van der Waals surface area (Å²) >= 11 is 0. The van der Waals surface area contributed by atoms with Gasteiger partial charge in [0.1, 0.15) is 5.82 Å². The minimum absolute atomic E-state index is 0.117. The Morgan fingerprint density at radius 1 is 1.05 bits per heavy atom. The lowest BCUT2D eigenvalue weighted by Crippen LogP contribution is -2.56. The Morgan fingerprint density at radius 3 is 2.30 bits per heavy atom. The van der Waals surface area contributed by atoms with E-state index >= 15 is 0 Å². The van der Waals surface area contributed by atoms with Gasteiger partial charge in [0.2, 0.25) is 5.91 Å². The second-order valence-electron chi connectivity index (χ2n) is 10.3. The molecule has 2 aromatic rings. The van der Waals surface area contributed by atoms with Crippen LogP contribution in [0.2, 0.25) is 0 Å². The first-order valence-corrected chi connectivity index (χ1v) is 13.0. The first-order valence-electron chi connectivity index (χ1n) is 20.0. The van der Waals surface area contributed by atoms with E-state index in [9.17, 15) is 35.9 Å². The van der Waals surface area contributed by atoms with E-state index in [4.69, 9.17) is 19.2 Å². The largest absolute Gasteiger partial charge is 0.416 e. The van der Waals surface area contributed by atoms with Crippen molar-refractivity contribution in [3.05, 3.63) is 70.0 Å². The molecule has 4 rings (SSSR count). The summed E-state index contributed by atoms with van der Waals surface area (Å²) in [6.45, 7) is -20.5. The van der Waals surface area contributed by atoms with Gasteiger partial charge in [0.25, 0.3) is 5.92 Å². The number of rotatable bonds is 5. The number of amides is 3. The number of carbonyl (C=O) groups is 2. The van der Waals surface area contributed by atoms with Crippen LogP contribution in [0.3, 0.4) is 0 Å². The van der Waals surface area contributed by atoms with Gasteiger partial charge >= 0.3 is 12.2 Å². The Kier molecular flexibility index (Phi) is 5.33. The molecule has 3 atom stereocenters. The average molecular weight is 627 g/mol. The summed E-state index contributed by atoms with van der Waals surface area (Å²) in [5.41, 5.74) is -4.89. The maximum Gasteiger partial charge on any atom is 0.416 e. The van der Waals surface area contributed by atoms with E-state index in [1.165, 1.54) is 0 Å². The van der Waals surface area contributed by atoms with E-state index in [2.05, 4.69) is 0 Å². The van der Waals surface area contributed by atoms with Crippen LogP contribution >= 0.6 is 0 Å². The number of likely N-dealkylation sites (tertiary alicyclic amines) is 1. The van der Waals surface area contributed by atoms with Crippen molar-refractivity contribution in [3.8, 4) is 0 Å². The van der Waals surface area contributed by atoms with Crippen molar-refractivity contribution in [1.29, 1.82) is 0 Å². The maximum atomic E-state index is 14.6. The molecular weight excluding hydrogens is 574 g/mol. The van der Waals surface area contributed by atoms with Gasteiger partial charge in [-0.1, -0.05) is 6.07 Å². The fraction of sp³-hybridized carbons (Fsp3) is 0.548. The Hall–Kier alpha value is -3.28. The number of alkyl halides is 5. The average Bonchev–Trinajstić information content (AvgIpc) is 3.01. The van der Waals surface area contributed by atoms with Crippen molar-refractivity contribution in [3.63, 3.8) is 0 Å². The quantitative estimate of drug-likeness (QED) is 0.345. The zero-order chi connectivity index (χ0) is 44.0. The number of piperidine rings is 1. The number of halogens is 6. The summed E-state index contributed by atoms with van der Waals surface area (Å²) in [4.78, 5) is 28.1. The minimum atomic E-state index is -5.25. The molecule has 0 spiro atoms. The molecule has 2 fully saturated rings. The van der Waals surface area contributed by atoms with Crippen LogP contribution in [0.1, 0.15) is 92.6 Å². The van der Waals surface area contributed by atoms with Crippen molar-refractivity contribution >= 4 is 11.9 Å². The van der Waals surface area contributed by atoms with E-state index in [0.717, 1.165) is 24.1 Å². The van der Waals surface area contributed by atoms with Gasteiger partial charge in [0.05, 0.1) is 23.1 Å². The first-order chi connectivity index (χ1) is 25.4. The molecule has 0 N–H and O–H groups in total. The van der Waals surface area contributed by atoms with Crippen molar-refractivity contribution in [2.45, 2.75) is 70.6 Å². The van der Waals surface area contributed by atoms with Gasteiger partial charge < -0.3 is 14.7 Å². The molecule has 2 aromatic carbocycles. The molecule has 0 aromatic heterocycles. The molecule has 0 unspecified atom stereocenters. The van der Waals surface area contributed by atoms with Gasteiger partial charge in [0, 0.05) is 78.7 Å². The molecule has 12 heteroatoms. The number of hydrogen-bond acceptors (Lipinski definition) is 3. The Balaban J connectivity index is 1.93. The predicted molar refractivity (Wildman–Crippen MR) is 150 cm³/mol. The highest BCUT2D eigenvalue weighted by Crippen LogP contribution is 2.39. The van der Waals surface area contributed by atoms with Crippen LogP contribution in [-0.4, -0.2) is 77.2 Å². The highest BCUT2D eigenvalue weighted by atomic mass is 19.4. The van der Waals surface area contributed by atoms with E-state index in [1.54, 1.807) is 0 Å². The molecule has 2 heterocycles. The number of carbonyl (C=O) groups excluding carboxylic acids is 2. The maximum absolute atomic E-state index is 14.6. The van der Waals surface area contributed by atoms with Crippen molar-refractivity contribution in [1.82, 2.24) is 19.6 Å². The molecule has 43 heavy (non-hydrogen) atoms. The summed E-state index contributed by atoms with van der Waals surface area (Å²) in [6.07, 6.45) is -6.59. The van der Waals surface area contributed by atoms with Crippen molar-refractivity contribution in [2.24, 2.45) is 0 Å². The van der Waals surface area contributed by atoms with Crippen LogP contribution in [0.15, 0.2) is 36.4 Å². The van der Waals surface area contributed by atoms with E-state index in [0.29, 0.717) is 24.0 Å². The SMILES string of the molecule is [2H]C([2H])([2H])c1cc(F)ccc1[C@H]1C[C@@H](N2C([2H])([2H])C([2H])([2H])N(C(C)=O)C([2H])([2H])C2([2H])[2H])CCN1C(=O)N(C)[C@@H](c1cc(C(C)(F)F)cc(C(F)(F)F)c1)C([2H])([2H])[2H]. The molecular formula is C31H38F6N4O2. The van der Waals surface area contributed by atoms with Gasteiger partial charge in [-0.2, -0.15) is 13.2 Å². The molecule has 0 bridgehead atoms. The third-order valence-corrected chi connectivity index (χ3v) is 7.23. The van der Waals surface area contributed by atoms with Crippen molar-refractivity contribution in [2.75, 3.05) is 39.6 Å². The number of piperazine rings is 1. The number of hydrogen-bond donors (Lipinski definition) is 0. The number of aryl methyl sites for hydroxylation is 1. The molecule has 3 amide bonds.